The second-order valence-corrected chi connectivity index (χ2v) is 11.5. The number of rotatable bonds is 5. The van der Waals surface area contributed by atoms with E-state index in [4.69, 9.17) is 5.41 Å². The standard InChI is InChI=1S/C25H45N2P/c26-24(20-10-5-2-6-11-20)22-12-7-13-23(25(22)28)27-21-16-14-19(15-17-21)18-8-3-1-4-9-18/h18-23,25-27H,1-17,28H2. The lowest BCUT2D eigenvalue weighted by molar-refractivity contribution is 0.167. The van der Waals surface area contributed by atoms with Crippen molar-refractivity contribution in [1.82, 2.24) is 5.32 Å². The molecule has 4 aliphatic carbocycles. The number of nitrogens with one attached hydrogen (secondary N) is 2. The minimum absolute atomic E-state index is 0.526. The second kappa shape index (κ2) is 10.4. The molecule has 2 N–H and O–H groups in total. The molecule has 2 nitrogen and oxygen atoms in total. The van der Waals surface area contributed by atoms with Crippen LogP contribution in [-0.2, 0) is 0 Å². The maximum Gasteiger partial charge on any atom is 0.0158 e. The van der Waals surface area contributed by atoms with Gasteiger partial charge in [-0.25, -0.2) is 0 Å². The van der Waals surface area contributed by atoms with Crippen LogP contribution in [0, 0.1) is 29.1 Å². The molecule has 0 saturated heterocycles. The molecule has 0 aromatic heterocycles. The fourth-order valence-electron chi connectivity index (χ4n) is 7.16. The van der Waals surface area contributed by atoms with Crippen LogP contribution in [0.2, 0.25) is 0 Å². The Hall–Kier alpha value is 0.0600. The normalized spacial score (nSPS) is 39.0. The van der Waals surface area contributed by atoms with Crippen molar-refractivity contribution in [2.75, 3.05) is 0 Å². The summed E-state index contributed by atoms with van der Waals surface area (Å²) >= 11 is 0. The smallest absolute Gasteiger partial charge is 0.0158 e. The lowest BCUT2D eigenvalue weighted by Crippen LogP contribution is -2.51. The Morgan fingerprint density at radius 1 is 0.643 bits per heavy atom. The van der Waals surface area contributed by atoms with Crippen molar-refractivity contribution in [2.45, 2.75) is 127 Å². The highest BCUT2D eigenvalue weighted by molar-refractivity contribution is 7.17. The van der Waals surface area contributed by atoms with Crippen LogP contribution in [0.4, 0.5) is 0 Å². The minimum Gasteiger partial charge on any atom is -0.311 e. The van der Waals surface area contributed by atoms with Gasteiger partial charge in [-0.2, -0.15) is 0 Å². The van der Waals surface area contributed by atoms with E-state index in [0.29, 0.717) is 23.5 Å². The molecule has 3 heteroatoms. The molecule has 4 rings (SSSR count). The Balaban J connectivity index is 1.25. The fourth-order valence-corrected chi connectivity index (χ4v) is 7.87. The molecule has 0 heterocycles. The quantitative estimate of drug-likeness (QED) is 0.387. The van der Waals surface area contributed by atoms with Gasteiger partial charge in [0.1, 0.15) is 0 Å². The Labute approximate surface area is 176 Å². The zero-order valence-corrected chi connectivity index (χ0v) is 19.3. The molecule has 160 valence electrons. The van der Waals surface area contributed by atoms with Crippen molar-refractivity contribution >= 4 is 15.0 Å². The first-order chi connectivity index (χ1) is 13.7. The van der Waals surface area contributed by atoms with Crippen LogP contribution in [0.3, 0.4) is 0 Å². The van der Waals surface area contributed by atoms with E-state index in [1.54, 1.807) is 0 Å². The van der Waals surface area contributed by atoms with Gasteiger partial charge in [-0.05, 0) is 74.8 Å². The van der Waals surface area contributed by atoms with Gasteiger partial charge in [0.2, 0.25) is 0 Å². The lowest BCUT2D eigenvalue weighted by atomic mass is 9.72. The summed E-state index contributed by atoms with van der Waals surface area (Å²) in [6.07, 6.45) is 23.8. The highest BCUT2D eigenvalue weighted by atomic mass is 31.0. The lowest BCUT2D eigenvalue weighted by Gasteiger charge is -2.42. The summed E-state index contributed by atoms with van der Waals surface area (Å²) in [5.41, 5.74) is 1.70. The van der Waals surface area contributed by atoms with E-state index < -0.39 is 0 Å². The summed E-state index contributed by atoms with van der Waals surface area (Å²) in [6.45, 7) is 0. The van der Waals surface area contributed by atoms with Gasteiger partial charge in [0.05, 0.1) is 0 Å². The van der Waals surface area contributed by atoms with Crippen LogP contribution in [0.1, 0.15) is 109 Å². The molecule has 0 amide bonds. The highest BCUT2D eigenvalue weighted by Gasteiger charge is 2.37. The van der Waals surface area contributed by atoms with Crippen LogP contribution >= 0.6 is 9.24 Å². The zero-order chi connectivity index (χ0) is 19.3. The van der Waals surface area contributed by atoms with Crippen molar-refractivity contribution in [3.8, 4) is 0 Å². The molecule has 4 saturated carbocycles. The van der Waals surface area contributed by atoms with E-state index in [1.807, 2.05) is 0 Å². The Bertz CT molecular complexity index is 487. The number of hydrogen-bond donors (Lipinski definition) is 2. The van der Waals surface area contributed by atoms with Gasteiger partial charge in [0, 0.05) is 23.7 Å². The first-order valence-corrected chi connectivity index (χ1v) is 13.5. The van der Waals surface area contributed by atoms with Gasteiger partial charge in [0.15, 0.2) is 0 Å². The first-order valence-electron chi connectivity index (χ1n) is 12.8. The average molecular weight is 405 g/mol. The highest BCUT2D eigenvalue weighted by Crippen LogP contribution is 2.40. The molecule has 4 aliphatic rings. The minimum atomic E-state index is 0.526. The van der Waals surface area contributed by atoms with Crippen LogP contribution in [0.5, 0.6) is 0 Å². The van der Waals surface area contributed by atoms with Gasteiger partial charge >= 0.3 is 0 Å². The molecular formula is C25H45N2P. The van der Waals surface area contributed by atoms with E-state index in [1.165, 1.54) is 109 Å². The average Bonchev–Trinajstić information content (AvgIpc) is 2.76. The molecule has 0 spiro atoms. The predicted octanol–water partition coefficient (Wildman–Crippen LogP) is 6.73. The first kappa shape index (κ1) is 21.3. The third-order valence-electron chi connectivity index (χ3n) is 8.94. The van der Waals surface area contributed by atoms with Gasteiger partial charge in [-0.1, -0.05) is 57.8 Å². The molecule has 4 atom stereocenters. The molecule has 0 bridgehead atoms. The third kappa shape index (κ3) is 5.21. The van der Waals surface area contributed by atoms with Gasteiger partial charge in [-0.15, -0.1) is 9.24 Å². The monoisotopic (exact) mass is 404 g/mol. The van der Waals surface area contributed by atoms with Crippen LogP contribution < -0.4 is 5.32 Å². The molecule has 0 aromatic rings. The molecule has 0 radical (unpaired) electrons. The maximum absolute atomic E-state index is 8.92. The SMILES string of the molecule is N=C(C1CCCCC1)C1CCCC(NC2CCC(C3CCCCC3)CC2)C1P. The van der Waals surface area contributed by atoms with E-state index in [0.717, 1.165) is 23.6 Å². The van der Waals surface area contributed by atoms with Crippen molar-refractivity contribution in [3.63, 3.8) is 0 Å². The second-order valence-electron chi connectivity index (χ2n) is 10.7. The van der Waals surface area contributed by atoms with Crippen LogP contribution in [-0.4, -0.2) is 23.5 Å². The van der Waals surface area contributed by atoms with E-state index in [-0.39, 0.29) is 0 Å². The Morgan fingerprint density at radius 3 is 1.93 bits per heavy atom. The van der Waals surface area contributed by atoms with Crippen molar-refractivity contribution in [2.24, 2.45) is 23.7 Å². The summed E-state index contributed by atoms with van der Waals surface area (Å²) in [5, 5.41) is 13.0. The fraction of sp³-hybridized carbons (Fsp3) is 0.960. The Morgan fingerprint density at radius 2 is 1.25 bits per heavy atom. The molecular weight excluding hydrogens is 359 g/mol. The molecule has 4 fully saturated rings. The van der Waals surface area contributed by atoms with Crippen LogP contribution in [0.25, 0.3) is 0 Å². The summed E-state index contributed by atoms with van der Waals surface area (Å²) < 4.78 is 0. The maximum atomic E-state index is 8.92. The topological polar surface area (TPSA) is 35.9 Å². The van der Waals surface area contributed by atoms with Crippen molar-refractivity contribution in [3.05, 3.63) is 0 Å². The zero-order valence-electron chi connectivity index (χ0n) is 18.1. The molecule has 28 heavy (non-hydrogen) atoms. The number of hydrogen-bond acceptors (Lipinski definition) is 2. The largest absolute Gasteiger partial charge is 0.311 e. The van der Waals surface area contributed by atoms with E-state index in [9.17, 15) is 0 Å². The third-order valence-corrected chi connectivity index (χ3v) is 9.87. The molecule has 0 aliphatic heterocycles. The van der Waals surface area contributed by atoms with Crippen molar-refractivity contribution < 1.29 is 0 Å². The summed E-state index contributed by atoms with van der Waals surface area (Å²) in [4.78, 5) is 0. The van der Waals surface area contributed by atoms with Crippen molar-refractivity contribution in [1.29, 1.82) is 5.41 Å². The van der Waals surface area contributed by atoms with E-state index >= 15 is 0 Å². The summed E-state index contributed by atoms with van der Waals surface area (Å²) in [5.74, 6) is 3.22. The Kier molecular flexibility index (Phi) is 7.90. The molecule has 0 aromatic carbocycles. The van der Waals surface area contributed by atoms with Gasteiger partial charge < -0.3 is 10.7 Å². The van der Waals surface area contributed by atoms with Crippen LogP contribution in [0.15, 0.2) is 0 Å². The van der Waals surface area contributed by atoms with Gasteiger partial charge in [-0.3, -0.25) is 0 Å². The van der Waals surface area contributed by atoms with E-state index in [2.05, 4.69) is 14.6 Å². The summed E-state index contributed by atoms with van der Waals surface area (Å²) in [6, 6.07) is 1.37. The van der Waals surface area contributed by atoms with Gasteiger partial charge in [0.25, 0.3) is 0 Å². The molecule has 4 unspecified atom stereocenters. The predicted molar refractivity (Wildman–Crippen MR) is 124 cm³/mol. The summed E-state index contributed by atoms with van der Waals surface area (Å²) in [7, 11) is 3.19.